The third-order valence-corrected chi connectivity index (χ3v) is 3.15. The van der Waals surface area contributed by atoms with E-state index in [9.17, 15) is 0 Å². The first-order valence-electron chi connectivity index (χ1n) is 7.33. The predicted molar refractivity (Wildman–Crippen MR) is 92.1 cm³/mol. The molecule has 0 saturated heterocycles. The highest BCUT2D eigenvalue weighted by molar-refractivity contribution is 5.29. The summed E-state index contributed by atoms with van der Waals surface area (Å²) in [7, 11) is 0. The average Bonchev–Trinajstić information content (AvgIpc) is 2.60. The molecule has 2 aromatic carbocycles. The van der Waals surface area contributed by atoms with Crippen LogP contribution in [-0.2, 0) is 13.1 Å². The molecule has 0 radical (unpaired) electrons. The lowest BCUT2D eigenvalue weighted by Crippen LogP contribution is -2.12. The molecule has 0 aliphatic carbocycles. The summed E-state index contributed by atoms with van der Waals surface area (Å²) < 4.78 is 10.7. The average molecular weight is 305 g/mol. The van der Waals surface area contributed by atoms with Crippen LogP contribution in [-0.4, -0.2) is 13.2 Å². The van der Waals surface area contributed by atoms with Gasteiger partial charge in [0.25, 0.3) is 0 Å². The van der Waals surface area contributed by atoms with E-state index in [4.69, 9.17) is 22.3 Å². The van der Waals surface area contributed by atoms with Crippen LogP contribution in [0.25, 0.3) is 0 Å². The Morgan fingerprint density at radius 3 is 1.43 bits per heavy atom. The summed E-state index contributed by atoms with van der Waals surface area (Å²) in [5.74, 6) is 6.46. The normalized spacial score (nSPS) is 9.65. The summed E-state index contributed by atoms with van der Waals surface area (Å²) in [6.07, 6.45) is 10.3. The van der Waals surface area contributed by atoms with E-state index in [1.165, 1.54) is 11.1 Å². The maximum atomic E-state index is 5.34. The second-order valence-electron chi connectivity index (χ2n) is 4.88. The van der Waals surface area contributed by atoms with Gasteiger partial charge < -0.3 is 14.8 Å². The number of benzene rings is 2. The molecule has 0 spiro atoms. The van der Waals surface area contributed by atoms with Crippen LogP contribution in [0.4, 0.5) is 0 Å². The van der Waals surface area contributed by atoms with Gasteiger partial charge in [-0.2, -0.15) is 0 Å². The first-order chi connectivity index (χ1) is 11.3. The SMILES string of the molecule is C#CCOc1ccc(CNCc2ccc(OCC#C)cc2)cc1. The Labute approximate surface area is 137 Å². The molecule has 3 nitrogen and oxygen atoms in total. The van der Waals surface area contributed by atoms with Crippen LogP contribution in [0.2, 0.25) is 0 Å². The van der Waals surface area contributed by atoms with Crippen molar-refractivity contribution >= 4 is 0 Å². The Balaban J connectivity index is 1.76. The molecule has 0 unspecified atom stereocenters. The molecule has 0 aliphatic rings. The highest BCUT2D eigenvalue weighted by Gasteiger charge is 1.98. The van der Waals surface area contributed by atoms with Crippen molar-refractivity contribution in [1.29, 1.82) is 0 Å². The molecule has 2 rings (SSSR count). The maximum Gasteiger partial charge on any atom is 0.148 e. The zero-order valence-corrected chi connectivity index (χ0v) is 12.9. The lowest BCUT2D eigenvalue weighted by molar-refractivity contribution is 0.370. The first kappa shape index (κ1) is 16.5. The lowest BCUT2D eigenvalue weighted by Gasteiger charge is -2.08. The van der Waals surface area contributed by atoms with Crippen LogP contribution in [0, 0.1) is 24.7 Å². The fourth-order valence-electron chi connectivity index (χ4n) is 2.01. The maximum absolute atomic E-state index is 5.34. The largest absolute Gasteiger partial charge is 0.481 e. The minimum atomic E-state index is 0.290. The molecule has 1 N–H and O–H groups in total. The highest BCUT2D eigenvalue weighted by atomic mass is 16.5. The van der Waals surface area contributed by atoms with Crippen LogP contribution < -0.4 is 14.8 Å². The van der Waals surface area contributed by atoms with Gasteiger partial charge in [-0.05, 0) is 35.4 Å². The van der Waals surface area contributed by atoms with Crippen LogP contribution in [0.3, 0.4) is 0 Å². The van der Waals surface area contributed by atoms with E-state index in [1.54, 1.807) is 0 Å². The molecule has 0 saturated carbocycles. The molecule has 2 aromatic rings. The van der Waals surface area contributed by atoms with Gasteiger partial charge in [-0.15, -0.1) is 12.8 Å². The molecule has 0 atom stereocenters. The Hall–Kier alpha value is -2.88. The standard InChI is InChI=1S/C20H19NO2/c1-3-13-22-19-9-5-17(6-10-19)15-21-16-18-7-11-20(12-8-18)23-14-4-2/h1-2,5-12,21H,13-16H2. The van der Waals surface area contributed by atoms with Gasteiger partial charge in [-0.3, -0.25) is 0 Å². The van der Waals surface area contributed by atoms with Crippen molar-refractivity contribution in [1.82, 2.24) is 5.32 Å². The molecule has 0 bridgehead atoms. The summed E-state index contributed by atoms with van der Waals surface area (Å²) in [6.45, 7) is 2.15. The summed E-state index contributed by atoms with van der Waals surface area (Å²) in [5.41, 5.74) is 2.37. The third-order valence-electron chi connectivity index (χ3n) is 3.15. The van der Waals surface area contributed by atoms with Gasteiger partial charge >= 0.3 is 0 Å². The van der Waals surface area contributed by atoms with E-state index >= 15 is 0 Å². The smallest absolute Gasteiger partial charge is 0.148 e. The van der Waals surface area contributed by atoms with Gasteiger partial charge in [0.2, 0.25) is 0 Å². The zero-order chi connectivity index (χ0) is 16.3. The first-order valence-corrected chi connectivity index (χ1v) is 7.33. The Morgan fingerprint density at radius 1 is 0.696 bits per heavy atom. The van der Waals surface area contributed by atoms with E-state index in [2.05, 4.69) is 17.2 Å². The summed E-state index contributed by atoms with van der Waals surface area (Å²) in [6, 6.07) is 15.8. The highest BCUT2D eigenvalue weighted by Crippen LogP contribution is 2.13. The predicted octanol–water partition coefficient (Wildman–Crippen LogP) is 3.00. The van der Waals surface area contributed by atoms with Crippen molar-refractivity contribution in [3.05, 3.63) is 59.7 Å². The number of rotatable bonds is 8. The number of ether oxygens (including phenoxy) is 2. The monoisotopic (exact) mass is 305 g/mol. The molecule has 0 heterocycles. The summed E-state index contributed by atoms with van der Waals surface area (Å²) >= 11 is 0. The van der Waals surface area contributed by atoms with Gasteiger partial charge in [-0.1, -0.05) is 36.1 Å². The topological polar surface area (TPSA) is 30.5 Å². The second-order valence-corrected chi connectivity index (χ2v) is 4.88. The zero-order valence-electron chi connectivity index (χ0n) is 12.9. The Bertz CT molecular complexity index is 614. The number of terminal acetylenes is 2. The van der Waals surface area contributed by atoms with Gasteiger partial charge in [0.05, 0.1) is 0 Å². The van der Waals surface area contributed by atoms with Crippen molar-refractivity contribution in [3.8, 4) is 36.2 Å². The molecule has 0 aromatic heterocycles. The summed E-state index contributed by atoms with van der Waals surface area (Å²) in [4.78, 5) is 0. The van der Waals surface area contributed by atoms with Gasteiger partial charge in [0.1, 0.15) is 24.7 Å². The molecule has 0 aliphatic heterocycles. The van der Waals surface area contributed by atoms with Crippen molar-refractivity contribution in [3.63, 3.8) is 0 Å². The van der Waals surface area contributed by atoms with Crippen molar-refractivity contribution in [2.24, 2.45) is 0 Å². The van der Waals surface area contributed by atoms with Crippen LogP contribution in [0.15, 0.2) is 48.5 Å². The number of nitrogens with one attached hydrogen (secondary N) is 1. The third kappa shape index (κ3) is 5.79. The molecule has 0 fully saturated rings. The quantitative estimate of drug-likeness (QED) is 0.761. The Kier molecular flexibility index (Phi) is 6.60. The molecular formula is C20H19NO2. The van der Waals surface area contributed by atoms with Crippen molar-refractivity contribution in [2.75, 3.05) is 13.2 Å². The number of hydrogen-bond acceptors (Lipinski definition) is 3. The van der Waals surface area contributed by atoms with Crippen LogP contribution in [0.1, 0.15) is 11.1 Å². The van der Waals surface area contributed by atoms with Gasteiger partial charge in [-0.25, -0.2) is 0 Å². The molecular weight excluding hydrogens is 286 g/mol. The minimum Gasteiger partial charge on any atom is -0.481 e. The molecule has 23 heavy (non-hydrogen) atoms. The molecule has 0 amide bonds. The van der Waals surface area contributed by atoms with Crippen molar-refractivity contribution < 1.29 is 9.47 Å². The fourth-order valence-corrected chi connectivity index (χ4v) is 2.01. The van der Waals surface area contributed by atoms with Crippen LogP contribution >= 0.6 is 0 Å². The van der Waals surface area contributed by atoms with E-state index in [0.29, 0.717) is 13.2 Å². The Morgan fingerprint density at radius 2 is 1.09 bits per heavy atom. The van der Waals surface area contributed by atoms with Crippen LogP contribution in [0.5, 0.6) is 11.5 Å². The van der Waals surface area contributed by atoms with Crippen molar-refractivity contribution in [2.45, 2.75) is 13.1 Å². The minimum absolute atomic E-state index is 0.290. The molecule has 116 valence electrons. The van der Waals surface area contributed by atoms with Gasteiger partial charge in [0, 0.05) is 13.1 Å². The second kappa shape index (κ2) is 9.20. The summed E-state index contributed by atoms with van der Waals surface area (Å²) in [5, 5.41) is 3.40. The van der Waals surface area contributed by atoms with E-state index in [1.807, 2.05) is 48.5 Å². The van der Waals surface area contributed by atoms with E-state index in [0.717, 1.165) is 24.6 Å². The lowest BCUT2D eigenvalue weighted by atomic mass is 10.2. The van der Waals surface area contributed by atoms with E-state index in [-0.39, 0.29) is 0 Å². The van der Waals surface area contributed by atoms with E-state index < -0.39 is 0 Å². The number of hydrogen-bond donors (Lipinski definition) is 1. The molecule has 3 heteroatoms. The fraction of sp³-hybridized carbons (Fsp3) is 0.200. The van der Waals surface area contributed by atoms with Gasteiger partial charge in [0.15, 0.2) is 0 Å².